The van der Waals surface area contributed by atoms with Crippen LogP contribution in [0.3, 0.4) is 0 Å². The number of hydrogen-bond donors (Lipinski definition) is 1. The number of imidazole rings is 1. The van der Waals surface area contributed by atoms with Crippen molar-refractivity contribution in [1.82, 2.24) is 19.8 Å². The van der Waals surface area contributed by atoms with Gasteiger partial charge < -0.3 is 14.8 Å². The third-order valence-corrected chi connectivity index (χ3v) is 5.56. The summed E-state index contributed by atoms with van der Waals surface area (Å²) in [7, 11) is 0. The number of amides is 2. The number of carbonyl (C=O) groups is 2. The second-order valence-electron chi connectivity index (χ2n) is 7.44. The first-order chi connectivity index (χ1) is 13.1. The summed E-state index contributed by atoms with van der Waals surface area (Å²) in [6.45, 7) is 4.29. The molecular formula is C21H26N4O2. The molecule has 1 saturated heterocycles. The van der Waals surface area contributed by atoms with E-state index in [9.17, 15) is 9.59 Å². The Morgan fingerprint density at radius 2 is 1.74 bits per heavy atom. The molecule has 142 valence electrons. The normalized spacial score (nSPS) is 17.4. The standard InChI is InChI=1S/C21H26N4O2/c1-15(16-9-3-2-4-10-16)22-20(26)19-23-18(17-11-5-6-14-25(17)19)21(27)24-12-7-8-13-24/h2-4,9-10,15H,5-8,11-14H2,1H3,(H,22,26). The smallest absolute Gasteiger partial charge is 0.287 e. The second kappa shape index (κ2) is 7.55. The lowest BCUT2D eigenvalue weighted by atomic mass is 10.1. The number of hydrogen-bond acceptors (Lipinski definition) is 3. The molecule has 2 amide bonds. The van der Waals surface area contributed by atoms with Crippen LogP contribution < -0.4 is 5.32 Å². The third-order valence-electron chi connectivity index (χ3n) is 5.56. The Morgan fingerprint density at radius 1 is 1.04 bits per heavy atom. The quantitative estimate of drug-likeness (QED) is 0.905. The molecule has 2 aliphatic rings. The molecule has 0 saturated carbocycles. The lowest BCUT2D eigenvalue weighted by Crippen LogP contribution is -2.30. The number of nitrogens with zero attached hydrogens (tertiary/aromatic N) is 3. The van der Waals surface area contributed by atoms with Crippen molar-refractivity contribution in [3.8, 4) is 0 Å². The Balaban J connectivity index is 1.60. The summed E-state index contributed by atoms with van der Waals surface area (Å²) in [5.41, 5.74) is 2.45. The van der Waals surface area contributed by atoms with Crippen LogP contribution in [-0.4, -0.2) is 39.4 Å². The summed E-state index contributed by atoms with van der Waals surface area (Å²) in [6.07, 6.45) is 4.94. The predicted molar refractivity (Wildman–Crippen MR) is 103 cm³/mol. The Morgan fingerprint density at radius 3 is 2.48 bits per heavy atom. The molecule has 1 aromatic heterocycles. The Kier molecular flexibility index (Phi) is 4.97. The van der Waals surface area contributed by atoms with Gasteiger partial charge >= 0.3 is 0 Å². The molecule has 6 nitrogen and oxygen atoms in total. The summed E-state index contributed by atoms with van der Waals surface area (Å²) in [5, 5.41) is 3.04. The minimum atomic E-state index is -0.213. The molecule has 0 aliphatic carbocycles. The van der Waals surface area contributed by atoms with E-state index in [1.54, 1.807) is 0 Å². The first-order valence-corrected chi connectivity index (χ1v) is 9.89. The average Bonchev–Trinajstić information content (AvgIpc) is 3.36. The summed E-state index contributed by atoms with van der Waals surface area (Å²) in [6, 6.07) is 9.75. The predicted octanol–water partition coefficient (Wildman–Crippen LogP) is 2.95. The number of aromatic nitrogens is 2. The maximum atomic E-state index is 12.9. The zero-order chi connectivity index (χ0) is 18.8. The number of fused-ring (bicyclic) bond motifs is 1. The highest BCUT2D eigenvalue weighted by molar-refractivity contribution is 5.97. The molecule has 2 aliphatic heterocycles. The molecule has 1 atom stereocenters. The van der Waals surface area contributed by atoms with Gasteiger partial charge in [-0.25, -0.2) is 4.98 Å². The van der Waals surface area contributed by atoms with Crippen molar-refractivity contribution < 1.29 is 9.59 Å². The highest BCUT2D eigenvalue weighted by Gasteiger charge is 2.31. The van der Waals surface area contributed by atoms with Crippen LogP contribution >= 0.6 is 0 Å². The topological polar surface area (TPSA) is 67.2 Å². The maximum Gasteiger partial charge on any atom is 0.287 e. The highest BCUT2D eigenvalue weighted by atomic mass is 16.2. The minimum absolute atomic E-state index is 0.0201. The van der Waals surface area contributed by atoms with Gasteiger partial charge in [0.25, 0.3) is 11.8 Å². The van der Waals surface area contributed by atoms with Gasteiger partial charge in [0, 0.05) is 19.6 Å². The molecule has 3 heterocycles. The van der Waals surface area contributed by atoms with E-state index in [0.717, 1.165) is 63.0 Å². The molecule has 0 bridgehead atoms. The average molecular weight is 366 g/mol. The molecule has 0 radical (unpaired) electrons. The van der Waals surface area contributed by atoms with Gasteiger partial charge in [-0.15, -0.1) is 0 Å². The molecular weight excluding hydrogens is 340 g/mol. The van der Waals surface area contributed by atoms with E-state index < -0.39 is 0 Å². The van der Waals surface area contributed by atoms with E-state index in [-0.39, 0.29) is 17.9 Å². The fourth-order valence-electron chi connectivity index (χ4n) is 4.04. The van der Waals surface area contributed by atoms with Gasteiger partial charge in [-0.3, -0.25) is 9.59 Å². The molecule has 1 fully saturated rings. The lowest BCUT2D eigenvalue weighted by Gasteiger charge is -2.19. The lowest BCUT2D eigenvalue weighted by molar-refractivity contribution is 0.0786. The van der Waals surface area contributed by atoms with Gasteiger partial charge in [0.2, 0.25) is 0 Å². The molecule has 0 spiro atoms. The third kappa shape index (κ3) is 3.48. The summed E-state index contributed by atoms with van der Waals surface area (Å²) in [4.78, 5) is 32.3. The highest BCUT2D eigenvalue weighted by Crippen LogP contribution is 2.24. The SMILES string of the molecule is CC(NC(=O)c1nc(C(=O)N2CCCC2)c2n1CCCC2)c1ccccc1. The monoisotopic (exact) mass is 366 g/mol. The van der Waals surface area contributed by atoms with Crippen LogP contribution in [0.2, 0.25) is 0 Å². The van der Waals surface area contributed by atoms with Gasteiger partial charge in [0.1, 0.15) is 5.69 Å². The fraction of sp³-hybridized carbons (Fsp3) is 0.476. The van der Waals surface area contributed by atoms with E-state index in [0.29, 0.717) is 11.5 Å². The maximum absolute atomic E-state index is 12.9. The van der Waals surface area contributed by atoms with E-state index in [1.165, 1.54) is 0 Å². The molecule has 1 unspecified atom stereocenters. The van der Waals surface area contributed by atoms with Gasteiger partial charge in [-0.05, 0) is 44.6 Å². The molecule has 1 aromatic carbocycles. The van der Waals surface area contributed by atoms with Gasteiger partial charge in [-0.1, -0.05) is 30.3 Å². The number of nitrogens with one attached hydrogen (secondary N) is 1. The van der Waals surface area contributed by atoms with E-state index >= 15 is 0 Å². The van der Waals surface area contributed by atoms with Crippen LogP contribution in [0.5, 0.6) is 0 Å². The van der Waals surface area contributed by atoms with Gasteiger partial charge in [-0.2, -0.15) is 0 Å². The zero-order valence-corrected chi connectivity index (χ0v) is 15.8. The Labute approximate surface area is 159 Å². The first-order valence-electron chi connectivity index (χ1n) is 9.89. The van der Waals surface area contributed by atoms with Crippen molar-refractivity contribution in [2.45, 2.75) is 51.6 Å². The van der Waals surface area contributed by atoms with Crippen LogP contribution in [-0.2, 0) is 13.0 Å². The zero-order valence-electron chi connectivity index (χ0n) is 15.8. The van der Waals surface area contributed by atoms with Gasteiger partial charge in [0.05, 0.1) is 11.7 Å². The van der Waals surface area contributed by atoms with Crippen molar-refractivity contribution in [2.24, 2.45) is 0 Å². The Bertz CT molecular complexity index is 837. The van der Waals surface area contributed by atoms with Crippen LogP contribution in [0.4, 0.5) is 0 Å². The summed E-state index contributed by atoms with van der Waals surface area (Å²) < 4.78 is 1.96. The molecule has 4 rings (SSSR count). The number of benzene rings is 1. The van der Waals surface area contributed by atoms with Gasteiger partial charge in [0.15, 0.2) is 5.82 Å². The Hall–Kier alpha value is -2.63. The summed E-state index contributed by atoms with van der Waals surface area (Å²) in [5.74, 6) is 0.137. The van der Waals surface area contributed by atoms with E-state index in [4.69, 9.17) is 0 Å². The molecule has 2 aromatic rings. The van der Waals surface area contributed by atoms with E-state index in [2.05, 4.69) is 10.3 Å². The van der Waals surface area contributed by atoms with E-state index in [1.807, 2.05) is 46.7 Å². The van der Waals surface area contributed by atoms with Crippen LogP contribution in [0.25, 0.3) is 0 Å². The first kappa shape index (κ1) is 17.8. The number of rotatable bonds is 4. The van der Waals surface area contributed by atoms with Crippen molar-refractivity contribution in [2.75, 3.05) is 13.1 Å². The number of likely N-dealkylation sites (tertiary alicyclic amines) is 1. The molecule has 1 N–H and O–H groups in total. The van der Waals surface area contributed by atoms with Crippen molar-refractivity contribution >= 4 is 11.8 Å². The van der Waals surface area contributed by atoms with Crippen molar-refractivity contribution in [3.05, 3.63) is 53.1 Å². The second-order valence-corrected chi connectivity index (χ2v) is 7.44. The van der Waals surface area contributed by atoms with Crippen LogP contribution in [0.1, 0.15) is 71.0 Å². The minimum Gasteiger partial charge on any atom is -0.343 e. The largest absolute Gasteiger partial charge is 0.343 e. The number of carbonyl (C=O) groups excluding carboxylic acids is 2. The molecule has 6 heteroatoms. The molecule has 27 heavy (non-hydrogen) atoms. The van der Waals surface area contributed by atoms with Crippen LogP contribution in [0, 0.1) is 0 Å². The fourth-order valence-corrected chi connectivity index (χ4v) is 4.04. The van der Waals surface area contributed by atoms with Crippen molar-refractivity contribution in [1.29, 1.82) is 0 Å². The van der Waals surface area contributed by atoms with Crippen molar-refractivity contribution in [3.63, 3.8) is 0 Å². The summed E-state index contributed by atoms with van der Waals surface area (Å²) >= 11 is 0. The van der Waals surface area contributed by atoms with Crippen LogP contribution in [0.15, 0.2) is 30.3 Å².